The molecule has 7 heteroatoms. The number of aromatic nitrogens is 2. The maximum atomic E-state index is 12.8. The van der Waals surface area contributed by atoms with Crippen LogP contribution >= 0.6 is 0 Å². The van der Waals surface area contributed by atoms with E-state index in [2.05, 4.69) is 22.4 Å². The van der Waals surface area contributed by atoms with Crippen molar-refractivity contribution in [2.75, 3.05) is 7.05 Å². The van der Waals surface area contributed by atoms with Crippen molar-refractivity contribution in [2.24, 2.45) is 0 Å². The van der Waals surface area contributed by atoms with Crippen LogP contribution in [0.3, 0.4) is 0 Å². The van der Waals surface area contributed by atoms with Crippen LogP contribution in [-0.4, -0.2) is 52.2 Å². The number of amides is 1. The number of hydrogen-bond donors (Lipinski definition) is 1. The number of fused-ring (bicyclic) bond motifs is 3. The zero-order chi connectivity index (χ0) is 17.6. The molecule has 1 amide bonds. The molecule has 1 N–H and O–H groups in total. The number of benzene rings is 1. The van der Waals surface area contributed by atoms with E-state index >= 15 is 0 Å². The Morgan fingerprint density at radius 3 is 2.64 bits per heavy atom. The monoisotopic (exact) mass is 348 g/mol. The second-order valence-electron chi connectivity index (χ2n) is 7.13. The fraction of sp³-hybridized carbons (Fsp3) is 0.556. The summed E-state index contributed by atoms with van der Waals surface area (Å²) in [6.45, 7) is -0.508. The molecule has 1 aromatic heterocycles. The first-order chi connectivity index (χ1) is 12.0. The quantitative estimate of drug-likeness (QED) is 0.924. The second-order valence-corrected chi connectivity index (χ2v) is 7.13. The minimum absolute atomic E-state index is 0.125. The van der Waals surface area contributed by atoms with E-state index in [9.17, 15) is 13.6 Å². The zero-order valence-electron chi connectivity index (χ0n) is 14.2. The molecule has 0 radical (unpaired) electrons. The molecule has 5 nitrogen and oxygen atoms in total. The number of alkyl halides is 2. The Morgan fingerprint density at radius 1 is 1.28 bits per heavy atom. The molecule has 2 aliphatic heterocycles. The fourth-order valence-electron chi connectivity index (χ4n) is 4.35. The van der Waals surface area contributed by atoms with Gasteiger partial charge in [-0.15, -0.1) is 0 Å². The lowest BCUT2D eigenvalue weighted by Crippen LogP contribution is -2.48. The van der Waals surface area contributed by atoms with E-state index in [4.69, 9.17) is 0 Å². The van der Waals surface area contributed by atoms with Crippen LogP contribution in [0.25, 0.3) is 10.9 Å². The Balaban J connectivity index is 1.56. The van der Waals surface area contributed by atoms with Crippen molar-refractivity contribution < 1.29 is 13.6 Å². The summed E-state index contributed by atoms with van der Waals surface area (Å²) < 4.78 is 26.8. The Kier molecular flexibility index (Phi) is 4.19. The molecule has 2 saturated heterocycles. The number of hydrogen-bond acceptors (Lipinski definition) is 3. The third kappa shape index (κ3) is 3.01. The fourth-order valence-corrected chi connectivity index (χ4v) is 4.35. The van der Waals surface area contributed by atoms with Crippen molar-refractivity contribution in [1.82, 2.24) is 20.0 Å². The largest absolute Gasteiger partial charge is 0.348 e. The van der Waals surface area contributed by atoms with Crippen molar-refractivity contribution in [3.63, 3.8) is 0 Å². The van der Waals surface area contributed by atoms with E-state index in [1.165, 1.54) is 17.5 Å². The summed E-state index contributed by atoms with van der Waals surface area (Å²) in [5.41, 5.74) is 0.805. The van der Waals surface area contributed by atoms with E-state index in [1.54, 1.807) is 24.3 Å². The lowest BCUT2D eigenvalue weighted by molar-refractivity contribution is 0.0874. The highest BCUT2D eigenvalue weighted by Gasteiger charge is 2.39. The third-order valence-corrected chi connectivity index (χ3v) is 5.62. The molecule has 2 fully saturated rings. The van der Waals surface area contributed by atoms with E-state index in [0.717, 1.165) is 12.8 Å². The Bertz CT molecular complexity index is 776. The average molecular weight is 348 g/mol. The summed E-state index contributed by atoms with van der Waals surface area (Å²) in [7, 11) is 2.15. The van der Waals surface area contributed by atoms with Crippen molar-refractivity contribution >= 4 is 16.8 Å². The molecule has 3 heterocycles. The first-order valence-corrected chi connectivity index (χ1v) is 8.79. The SMILES string of the molecule is CN1[C@@H]2CC[C@H]1CC(NC(=O)c1nn(CC(F)F)c3ccccc13)C2. The predicted molar refractivity (Wildman–Crippen MR) is 90.8 cm³/mol. The van der Waals surface area contributed by atoms with Gasteiger partial charge in [-0.2, -0.15) is 5.10 Å². The lowest BCUT2D eigenvalue weighted by Gasteiger charge is -2.36. The van der Waals surface area contributed by atoms with Crippen LogP contribution in [0.4, 0.5) is 8.78 Å². The van der Waals surface area contributed by atoms with Gasteiger partial charge in [0, 0.05) is 23.5 Å². The number of para-hydroxylation sites is 1. The third-order valence-electron chi connectivity index (χ3n) is 5.62. The van der Waals surface area contributed by atoms with Gasteiger partial charge >= 0.3 is 0 Å². The van der Waals surface area contributed by atoms with Gasteiger partial charge in [0.15, 0.2) is 5.69 Å². The van der Waals surface area contributed by atoms with Gasteiger partial charge in [0.05, 0.1) is 5.52 Å². The minimum Gasteiger partial charge on any atom is -0.348 e. The molecule has 25 heavy (non-hydrogen) atoms. The number of carbonyl (C=O) groups is 1. The van der Waals surface area contributed by atoms with Crippen LogP contribution < -0.4 is 5.32 Å². The van der Waals surface area contributed by atoms with Crippen LogP contribution in [0, 0.1) is 0 Å². The molecule has 3 atom stereocenters. The molecule has 1 aromatic carbocycles. The van der Waals surface area contributed by atoms with E-state index < -0.39 is 13.0 Å². The molecule has 2 bridgehead atoms. The molecular formula is C18H22F2N4O. The van der Waals surface area contributed by atoms with Gasteiger partial charge in [-0.3, -0.25) is 9.48 Å². The van der Waals surface area contributed by atoms with Crippen LogP contribution in [0.15, 0.2) is 24.3 Å². The normalized spacial score (nSPS) is 26.5. The Hall–Kier alpha value is -2.02. The summed E-state index contributed by atoms with van der Waals surface area (Å²) in [4.78, 5) is 15.2. The Morgan fingerprint density at radius 2 is 1.96 bits per heavy atom. The minimum atomic E-state index is -2.51. The van der Waals surface area contributed by atoms with E-state index in [1.807, 2.05) is 0 Å². The number of nitrogens with zero attached hydrogens (tertiary/aromatic N) is 3. The topological polar surface area (TPSA) is 50.2 Å². The molecule has 0 aliphatic carbocycles. The van der Waals surface area contributed by atoms with Crippen molar-refractivity contribution in [1.29, 1.82) is 0 Å². The summed E-state index contributed by atoms with van der Waals surface area (Å²) in [6, 6.07) is 8.22. The lowest BCUT2D eigenvalue weighted by atomic mass is 9.98. The van der Waals surface area contributed by atoms with Crippen LogP contribution in [0.2, 0.25) is 0 Å². The van der Waals surface area contributed by atoms with E-state index in [-0.39, 0.29) is 17.6 Å². The molecule has 2 aromatic rings. The maximum Gasteiger partial charge on any atom is 0.272 e. The number of rotatable bonds is 4. The summed E-state index contributed by atoms with van der Waals surface area (Å²) in [5, 5.41) is 7.89. The molecule has 0 saturated carbocycles. The highest BCUT2D eigenvalue weighted by molar-refractivity contribution is 6.05. The molecular weight excluding hydrogens is 326 g/mol. The van der Waals surface area contributed by atoms with Crippen LogP contribution in [0.1, 0.15) is 36.2 Å². The first kappa shape index (κ1) is 16.4. The maximum absolute atomic E-state index is 12.8. The highest BCUT2D eigenvalue weighted by atomic mass is 19.3. The van der Waals surface area contributed by atoms with Gasteiger partial charge in [-0.25, -0.2) is 8.78 Å². The molecule has 2 aliphatic rings. The van der Waals surface area contributed by atoms with Gasteiger partial charge in [0.2, 0.25) is 0 Å². The van der Waals surface area contributed by atoms with Crippen LogP contribution in [0.5, 0.6) is 0 Å². The number of carbonyl (C=O) groups excluding carboxylic acids is 1. The number of piperidine rings is 1. The van der Waals surface area contributed by atoms with Gasteiger partial charge in [-0.1, -0.05) is 18.2 Å². The summed E-state index contributed by atoms with van der Waals surface area (Å²) in [5.74, 6) is -0.266. The molecule has 134 valence electrons. The van der Waals surface area contributed by atoms with Crippen molar-refractivity contribution in [3.8, 4) is 0 Å². The first-order valence-electron chi connectivity index (χ1n) is 8.79. The van der Waals surface area contributed by atoms with Gasteiger partial charge in [0.25, 0.3) is 12.3 Å². The second kappa shape index (κ2) is 6.37. The Labute approximate surface area is 145 Å². The van der Waals surface area contributed by atoms with Gasteiger partial charge < -0.3 is 10.2 Å². The van der Waals surface area contributed by atoms with Gasteiger partial charge in [-0.05, 0) is 38.8 Å². The highest BCUT2D eigenvalue weighted by Crippen LogP contribution is 2.34. The van der Waals surface area contributed by atoms with E-state index in [0.29, 0.717) is 23.0 Å². The van der Waals surface area contributed by atoms with Crippen molar-refractivity contribution in [3.05, 3.63) is 30.0 Å². The smallest absolute Gasteiger partial charge is 0.272 e. The van der Waals surface area contributed by atoms with Gasteiger partial charge in [0.1, 0.15) is 6.54 Å². The summed E-state index contributed by atoms with van der Waals surface area (Å²) >= 11 is 0. The summed E-state index contributed by atoms with van der Waals surface area (Å²) in [6.07, 6.45) is 1.73. The number of halogens is 2. The molecule has 1 unspecified atom stereocenters. The zero-order valence-corrected chi connectivity index (χ0v) is 14.2. The van der Waals surface area contributed by atoms with Crippen LogP contribution in [-0.2, 0) is 6.54 Å². The predicted octanol–water partition coefficient (Wildman–Crippen LogP) is 2.66. The molecule has 0 spiro atoms. The molecule has 4 rings (SSSR count). The number of nitrogens with one attached hydrogen (secondary N) is 1. The average Bonchev–Trinajstić information content (AvgIpc) is 3.01. The van der Waals surface area contributed by atoms with Crippen molar-refractivity contribution in [2.45, 2.75) is 56.8 Å². The standard InChI is InChI=1S/C18H22F2N4O/c1-23-12-6-7-13(23)9-11(8-12)21-18(25)17-14-4-2-3-5-15(14)24(22-17)10-16(19)20/h2-5,11-13,16H,6-10H2,1H3,(H,21,25)/t11?,12-,13+.